The van der Waals surface area contributed by atoms with Gasteiger partial charge in [-0.2, -0.15) is 5.10 Å². The van der Waals surface area contributed by atoms with Gasteiger partial charge in [-0.25, -0.2) is 0 Å². The highest BCUT2D eigenvalue weighted by molar-refractivity contribution is 5.11. The molecule has 16 heavy (non-hydrogen) atoms. The van der Waals surface area contributed by atoms with Crippen LogP contribution in [0.4, 0.5) is 0 Å². The van der Waals surface area contributed by atoms with Gasteiger partial charge >= 0.3 is 0 Å². The SMILES string of the molecule is CCCNCCCC(C)Oc1cnn(C)c1. The average Bonchev–Trinajstić information content (AvgIpc) is 2.63. The van der Waals surface area contributed by atoms with Crippen molar-refractivity contribution in [2.45, 2.75) is 39.2 Å². The van der Waals surface area contributed by atoms with Crippen LogP contribution in [-0.2, 0) is 7.05 Å². The summed E-state index contributed by atoms with van der Waals surface area (Å²) in [5.74, 6) is 0.858. The van der Waals surface area contributed by atoms with E-state index in [0.29, 0.717) is 0 Å². The third kappa shape index (κ3) is 5.16. The minimum absolute atomic E-state index is 0.257. The number of hydrogen-bond donors (Lipinski definition) is 1. The van der Waals surface area contributed by atoms with E-state index in [1.54, 1.807) is 10.9 Å². The normalized spacial score (nSPS) is 12.7. The van der Waals surface area contributed by atoms with Gasteiger partial charge in [-0.15, -0.1) is 0 Å². The van der Waals surface area contributed by atoms with Gasteiger partial charge < -0.3 is 10.1 Å². The zero-order chi connectivity index (χ0) is 11.8. The van der Waals surface area contributed by atoms with Crippen molar-refractivity contribution in [3.63, 3.8) is 0 Å². The number of ether oxygens (including phenoxy) is 1. The zero-order valence-corrected chi connectivity index (χ0v) is 10.6. The topological polar surface area (TPSA) is 39.1 Å². The molecule has 0 amide bonds. The predicted octanol–water partition coefficient (Wildman–Crippen LogP) is 1.97. The molecule has 0 spiro atoms. The van der Waals surface area contributed by atoms with Gasteiger partial charge in [0, 0.05) is 7.05 Å². The minimum atomic E-state index is 0.257. The molecular weight excluding hydrogens is 202 g/mol. The Morgan fingerprint density at radius 2 is 2.31 bits per heavy atom. The van der Waals surface area contributed by atoms with Crippen molar-refractivity contribution < 1.29 is 4.74 Å². The predicted molar refractivity (Wildman–Crippen MR) is 65.7 cm³/mol. The molecule has 0 aromatic carbocycles. The van der Waals surface area contributed by atoms with Gasteiger partial charge in [0.1, 0.15) is 0 Å². The summed E-state index contributed by atoms with van der Waals surface area (Å²) in [6.45, 7) is 6.47. The Balaban J connectivity index is 2.09. The van der Waals surface area contributed by atoms with Gasteiger partial charge in [-0.05, 0) is 39.3 Å². The van der Waals surface area contributed by atoms with Gasteiger partial charge in [-0.3, -0.25) is 4.68 Å². The van der Waals surface area contributed by atoms with Crippen LogP contribution >= 0.6 is 0 Å². The fourth-order valence-corrected chi connectivity index (χ4v) is 1.57. The summed E-state index contributed by atoms with van der Waals surface area (Å²) < 4.78 is 7.49. The molecule has 1 aromatic rings. The Morgan fingerprint density at radius 1 is 1.50 bits per heavy atom. The van der Waals surface area contributed by atoms with Crippen LogP contribution in [0.3, 0.4) is 0 Å². The first kappa shape index (κ1) is 13.0. The maximum absolute atomic E-state index is 5.73. The highest BCUT2D eigenvalue weighted by atomic mass is 16.5. The summed E-state index contributed by atoms with van der Waals surface area (Å²) in [6, 6.07) is 0. The minimum Gasteiger partial charge on any atom is -0.487 e. The molecule has 1 rings (SSSR count). The number of nitrogens with one attached hydrogen (secondary N) is 1. The number of nitrogens with zero attached hydrogens (tertiary/aromatic N) is 2. The molecule has 1 atom stereocenters. The second-order valence-electron chi connectivity index (χ2n) is 4.17. The maximum atomic E-state index is 5.73. The molecule has 1 heterocycles. The Hall–Kier alpha value is -1.03. The van der Waals surface area contributed by atoms with Crippen molar-refractivity contribution in [1.82, 2.24) is 15.1 Å². The quantitative estimate of drug-likeness (QED) is 0.687. The monoisotopic (exact) mass is 225 g/mol. The first-order chi connectivity index (χ1) is 7.72. The molecule has 4 nitrogen and oxygen atoms in total. The second-order valence-corrected chi connectivity index (χ2v) is 4.17. The number of aryl methyl sites for hydroxylation is 1. The van der Waals surface area contributed by atoms with E-state index in [1.165, 1.54) is 6.42 Å². The lowest BCUT2D eigenvalue weighted by atomic mass is 10.2. The molecule has 4 heteroatoms. The fraction of sp³-hybridized carbons (Fsp3) is 0.750. The van der Waals surface area contributed by atoms with Crippen molar-refractivity contribution in [1.29, 1.82) is 0 Å². The van der Waals surface area contributed by atoms with E-state index in [2.05, 4.69) is 24.3 Å². The maximum Gasteiger partial charge on any atom is 0.157 e. The van der Waals surface area contributed by atoms with Gasteiger partial charge in [0.2, 0.25) is 0 Å². The largest absolute Gasteiger partial charge is 0.487 e. The Morgan fingerprint density at radius 3 is 2.94 bits per heavy atom. The van der Waals surface area contributed by atoms with Crippen molar-refractivity contribution in [3.8, 4) is 5.75 Å². The summed E-state index contributed by atoms with van der Waals surface area (Å²) in [7, 11) is 1.90. The zero-order valence-electron chi connectivity index (χ0n) is 10.6. The third-order valence-electron chi connectivity index (χ3n) is 2.41. The molecule has 0 saturated heterocycles. The van der Waals surface area contributed by atoms with Crippen LogP contribution in [0.2, 0.25) is 0 Å². The Labute approximate surface area is 98.0 Å². The molecule has 0 aliphatic carbocycles. The molecule has 0 aliphatic heterocycles. The van der Waals surface area contributed by atoms with E-state index < -0.39 is 0 Å². The highest BCUT2D eigenvalue weighted by Gasteiger charge is 2.04. The molecule has 1 unspecified atom stereocenters. The molecule has 1 N–H and O–H groups in total. The van der Waals surface area contributed by atoms with Crippen LogP contribution in [0.15, 0.2) is 12.4 Å². The first-order valence-electron chi connectivity index (χ1n) is 6.08. The van der Waals surface area contributed by atoms with Crippen LogP contribution in [0.25, 0.3) is 0 Å². The van der Waals surface area contributed by atoms with Crippen LogP contribution in [0, 0.1) is 0 Å². The molecule has 0 aliphatic rings. The van der Waals surface area contributed by atoms with Gasteiger partial charge in [0.05, 0.1) is 18.5 Å². The molecule has 0 bridgehead atoms. The van der Waals surface area contributed by atoms with Crippen LogP contribution in [0.5, 0.6) is 5.75 Å². The molecule has 0 fully saturated rings. The van der Waals surface area contributed by atoms with E-state index in [9.17, 15) is 0 Å². The van der Waals surface area contributed by atoms with E-state index in [1.807, 2.05) is 13.2 Å². The molecule has 0 radical (unpaired) electrons. The highest BCUT2D eigenvalue weighted by Crippen LogP contribution is 2.11. The fourth-order valence-electron chi connectivity index (χ4n) is 1.57. The van der Waals surface area contributed by atoms with E-state index in [-0.39, 0.29) is 6.10 Å². The van der Waals surface area contributed by atoms with Crippen LogP contribution < -0.4 is 10.1 Å². The summed E-state index contributed by atoms with van der Waals surface area (Å²) in [5.41, 5.74) is 0. The summed E-state index contributed by atoms with van der Waals surface area (Å²) in [4.78, 5) is 0. The van der Waals surface area contributed by atoms with E-state index >= 15 is 0 Å². The van der Waals surface area contributed by atoms with Crippen molar-refractivity contribution in [2.24, 2.45) is 7.05 Å². The summed E-state index contributed by atoms with van der Waals surface area (Å²) in [5, 5.41) is 7.46. The van der Waals surface area contributed by atoms with Crippen molar-refractivity contribution in [2.75, 3.05) is 13.1 Å². The lowest BCUT2D eigenvalue weighted by molar-refractivity contribution is 0.207. The number of hydrogen-bond acceptors (Lipinski definition) is 3. The van der Waals surface area contributed by atoms with Gasteiger partial charge in [0.15, 0.2) is 5.75 Å². The van der Waals surface area contributed by atoms with Crippen LogP contribution in [0.1, 0.15) is 33.1 Å². The lowest BCUT2D eigenvalue weighted by Gasteiger charge is -2.12. The molecular formula is C12H23N3O. The van der Waals surface area contributed by atoms with E-state index in [4.69, 9.17) is 4.74 Å². The Kier molecular flexibility index (Phi) is 5.93. The molecule has 92 valence electrons. The average molecular weight is 225 g/mol. The summed E-state index contributed by atoms with van der Waals surface area (Å²) in [6.07, 6.45) is 7.33. The van der Waals surface area contributed by atoms with Crippen molar-refractivity contribution in [3.05, 3.63) is 12.4 Å². The Bertz CT molecular complexity index is 286. The van der Waals surface area contributed by atoms with Gasteiger partial charge in [0.25, 0.3) is 0 Å². The molecule has 1 aromatic heterocycles. The molecule has 0 saturated carbocycles. The second kappa shape index (κ2) is 7.28. The summed E-state index contributed by atoms with van der Waals surface area (Å²) >= 11 is 0. The third-order valence-corrected chi connectivity index (χ3v) is 2.41. The number of aromatic nitrogens is 2. The first-order valence-corrected chi connectivity index (χ1v) is 6.08. The van der Waals surface area contributed by atoms with Crippen LogP contribution in [-0.4, -0.2) is 29.0 Å². The lowest BCUT2D eigenvalue weighted by Crippen LogP contribution is -2.19. The van der Waals surface area contributed by atoms with Crippen molar-refractivity contribution >= 4 is 0 Å². The smallest absolute Gasteiger partial charge is 0.157 e. The standard InChI is InChI=1S/C12H23N3O/c1-4-7-13-8-5-6-11(2)16-12-9-14-15(3)10-12/h9-11,13H,4-8H2,1-3H3. The van der Waals surface area contributed by atoms with Gasteiger partial charge in [-0.1, -0.05) is 6.92 Å². The number of rotatable bonds is 8. The van der Waals surface area contributed by atoms with E-state index in [0.717, 1.165) is 31.7 Å².